The Morgan fingerprint density at radius 1 is 1.16 bits per heavy atom. The lowest BCUT2D eigenvalue weighted by Crippen LogP contribution is -2.29. The molecular weight excluding hydrogens is 236 g/mol. The zero-order chi connectivity index (χ0) is 13.8. The Kier molecular flexibility index (Phi) is 4.61. The molecule has 0 aromatic carbocycles. The predicted molar refractivity (Wildman–Crippen MR) is 80.9 cm³/mol. The first-order chi connectivity index (χ1) is 9.17. The van der Waals surface area contributed by atoms with Gasteiger partial charge in [0, 0.05) is 24.7 Å². The second-order valence-electron chi connectivity index (χ2n) is 5.42. The maximum absolute atomic E-state index is 4.70. The number of anilines is 2. The standard InChI is InChI=1S/C15H26N4/c1-5-9-16-14-11(3)15(18-12(4)17-14)19(10-6-2)13-7-8-13/h13H,5-10H2,1-4H3,(H,16,17,18). The Bertz CT molecular complexity index is 426. The average molecular weight is 262 g/mol. The van der Waals surface area contributed by atoms with Crippen LogP contribution in [0.2, 0.25) is 0 Å². The molecule has 2 rings (SSSR count). The van der Waals surface area contributed by atoms with E-state index in [0.29, 0.717) is 6.04 Å². The molecule has 1 aliphatic carbocycles. The largest absolute Gasteiger partial charge is 0.370 e. The normalized spacial score (nSPS) is 14.5. The van der Waals surface area contributed by atoms with Gasteiger partial charge in [-0.05, 0) is 39.5 Å². The summed E-state index contributed by atoms with van der Waals surface area (Å²) in [5.74, 6) is 3.00. The number of aryl methyl sites for hydroxylation is 1. The van der Waals surface area contributed by atoms with Crippen molar-refractivity contribution in [1.29, 1.82) is 0 Å². The number of nitrogens with zero attached hydrogens (tertiary/aromatic N) is 3. The maximum Gasteiger partial charge on any atom is 0.137 e. The zero-order valence-corrected chi connectivity index (χ0v) is 12.7. The molecule has 19 heavy (non-hydrogen) atoms. The fourth-order valence-electron chi connectivity index (χ4n) is 2.40. The maximum atomic E-state index is 4.70. The first-order valence-electron chi connectivity index (χ1n) is 7.53. The molecule has 1 aliphatic rings. The minimum atomic E-state index is 0.701. The summed E-state index contributed by atoms with van der Waals surface area (Å²) >= 11 is 0. The summed E-state index contributed by atoms with van der Waals surface area (Å²) in [4.78, 5) is 11.7. The van der Waals surface area contributed by atoms with E-state index < -0.39 is 0 Å². The van der Waals surface area contributed by atoms with Crippen LogP contribution in [0.3, 0.4) is 0 Å². The van der Waals surface area contributed by atoms with Gasteiger partial charge in [-0.15, -0.1) is 0 Å². The number of hydrogen-bond acceptors (Lipinski definition) is 4. The van der Waals surface area contributed by atoms with Gasteiger partial charge in [-0.25, -0.2) is 9.97 Å². The van der Waals surface area contributed by atoms with Crippen LogP contribution in [-0.4, -0.2) is 29.1 Å². The molecule has 1 aromatic heterocycles. The van der Waals surface area contributed by atoms with Crippen molar-refractivity contribution in [3.8, 4) is 0 Å². The van der Waals surface area contributed by atoms with Crippen molar-refractivity contribution in [3.63, 3.8) is 0 Å². The van der Waals surface area contributed by atoms with Crippen molar-refractivity contribution in [1.82, 2.24) is 9.97 Å². The smallest absolute Gasteiger partial charge is 0.137 e. The molecule has 0 atom stereocenters. The fraction of sp³-hybridized carbons (Fsp3) is 0.733. The van der Waals surface area contributed by atoms with Crippen LogP contribution in [0.15, 0.2) is 0 Å². The van der Waals surface area contributed by atoms with Gasteiger partial charge in [0.25, 0.3) is 0 Å². The summed E-state index contributed by atoms with van der Waals surface area (Å²) < 4.78 is 0. The lowest BCUT2D eigenvalue weighted by Gasteiger charge is -2.26. The average Bonchev–Trinajstić information content (AvgIpc) is 3.21. The molecule has 0 aliphatic heterocycles. The first-order valence-corrected chi connectivity index (χ1v) is 7.53. The van der Waals surface area contributed by atoms with Crippen LogP contribution < -0.4 is 10.2 Å². The highest BCUT2D eigenvalue weighted by Gasteiger charge is 2.31. The highest BCUT2D eigenvalue weighted by Crippen LogP contribution is 2.34. The molecule has 0 spiro atoms. The SMILES string of the molecule is CCCNc1nc(C)nc(N(CCC)C2CC2)c1C. The molecule has 1 aromatic rings. The van der Waals surface area contributed by atoms with Crippen LogP contribution in [-0.2, 0) is 0 Å². The van der Waals surface area contributed by atoms with Crippen molar-refractivity contribution < 1.29 is 0 Å². The van der Waals surface area contributed by atoms with E-state index in [4.69, 9.17) is 4.98 Å². The molecule has 1 fully saturated rings. The third-order valence-electron chi connectivity index (χ3n) is 3.50. The monoisotopic (exact) mass is 262 g/mol. The van der Waals surface area contributed by atoms with Crippen LogP contribution in [0.5, 0.6) is 0 Å². The van der Waals surface area contributed by atoms with E-state index in [1.54, 1.807) is 0 Å². The van der Waals surface area contributed by atoms with Crippen LogP contribution >= 0.6 is 0 Å². The van der Waals surface area contributed by atoms with Crippen molar-refractivity contribution in [2.75, 3.05) is 23.3 Å². The Hall–Kier alpha value is -1.32. The van der Waals surface area contributed by atoms with Gasteiger partial charge < -0.3 is 10.2 Å². The van der Waals surface area contributed by atoms with E-state index in [2.05, 4.69) is 36.0 Å². The van der Waals surface area contributed by atoms with Crippen molar-refractivity contribution in [2.45, 2.75) is 59.4 Å². The van der Waals surface area contributed by atoms with Gasteiger partial charge in [0.2, 0.25) is 0 Å². The number of hydrogen-bond donors (Lipinski definition) is 1. The second-order valence-corrected chi connectivity index (χ2v) is 5.42. The van der Waals surface area contributed by atoms with Gasteiger partial charge >= 0.3 is 0 Å². The molecule has 4 heteroatoms. The fourth-order valence-corrected chi connectivity index (χ4v) is 2.40. The molecule has 0 unspecified atom stereocenters. The van der Waals surface area contributed by atoms with Crippen LogP contribution in [0, 0.1) is 13.8 Å². The van der Waals surface area contributed by atoms with Gasteiger partial charge in [-0.2, -0.15) is 0 Å². The van der Waals surface area contributed by atoms with Crippen LogP contribution in [0.4, 0.5) is 11.6 Å². The van der Waals surface area contributed by atoms with E-state index in [1.807, 2.05) is 6.92 Å². The van der Waals surface area contributed by atoms with E-state index >= 15 is 0 Å². The molecule has 4 nitrogen and oxygen atoms in total. The van der Waals surface area contributed by atoms with Gasteiger partial charge in [-0.3, -0.25) is 0 Å². The Labute approximate surface area is 116 Å². The summed E-state index contributed by atoms with van der Waals surface area (Å²) in [6.07, 6.45) is 4.89. The minimum Gasteiger partial charge on any atom is -0.370 e. The third kappa shape index (κ3) is 3.37. The number of rotatable bonds is 7. The Morgan fingerprint density at radius 3 is 2.47 bits per heavy atom. The number of nitrogens with one attached hydrogen (secondary N) is 1. The lowest BCUT2D eigenvalue weighted by atomic mass is 10.2. The molecule has 0 amide bonds. The predicted octanol–water partition coefficient (Wildman–Crippen LogP) is 3.29. The molecule has 0 saturated heterocycles. The second kappa shape index (κ2) is 6.22. The van der Waals surface area contributed by atoms with Gasteiger partial charge in [0.1, 0.15) is 17.5 Å². The molecular formula is C15H26N4. The zero-order valence-electron chi connectivity index (χ0n) is 12.7. The summed E-state index contributed by atoms with van der Waals surface area (Å²) in [6.45, 7) is 10.6. The van der Waals surface area contributed by atoms with E-state index in [1.165, 1.54) is 18.4 Å². The van der Waals surface area contributed by atoms with E-state index in [0.717, 1.165) is 43.4 Å². The highest BCUT2D eigenvalue weighted by molar-refractivity contribution is 5.59. The summed E-state index contributed by atoms with van der Waals surface area (Å²) in [5.41, 5.74) is 1.19. The van der Waals surface area contributed by atoms with Crippen molar-refractivity contribution in [2.24, 2.45) is 0 Å². The topological polar surface area (TPSA) is 41.1 Å². The number of aromatic nitrogens is 2. The minimum absolute atomic E-state index is 0.701. The Morgan fingerprint density at radius 2 is 1.89 bits per heavy atom. The summed E-state index contributed by atoms with van der Waals surface area (Å²) in [5, 5.41) is 3.42. The lowest BCUT2D eigenvalue weighted by molar-refractivity contribution is 0.741. The van der Waals surface area contributed by atoms with E-state index in [-0.39, 0.29) is 0 Å². The van der Waals surface area contributed by atoms with Crippen LogP contribution in [0.1, 0.15) is 50.9 Å². The molecule has 1 heterocycles. The van der Waals surface area contributed by atoms with E-state index in [9.17, 15) is 0 Å². The molecule has 0 radical (unpaired) electrons. The van der Waals surface area contributed by atoms with Gasteiger partial charge in [-0.1, -0.05) is 13.8 Å². The third-order valence-corrected chi connectivity index (χ3v) is 3.50. The van der Waals surface area contributed by atoms with Crippen LogP contribution in [0.25, 0.3) is 0 Å². The quantitative estimate of drug-likeness (QED) is 0.818. The van der Waals surface area contributed by atoms with Gasteiger partial charge in [0.05, 0.1) is 0 Å². The summed E-state index contributed by atoms with van der Waals surface area (Å²) in [6, 6.07) is 0.701. The van der Waals surface area contributed by atoms with Crippen molar-refractivity contribution >= 4 is 11.6 Å². The molecule has 1 saturated carbocycles. The van der Waals surface area contributed by atoms with Crippen molar-refractivity contribution in [3.05, 3.63) is 11.4 Å². The molecule has 1 N–H and O–H groups in total. The molecule has 0 bridgehead atoms. The van der Waals surface area contributed by atoms with Gasteiger partial charge in [0.15, 0.2) is 0 Å². The Balaban J connectivity index is 2.29. The summed E-state index contributed by atoms with van der Waals surface area (Å²) in [7, 11) is 0. The molecule has 106 valence electrons. The first kappa shape index (κ1) is 14.1. The highest BCUT2D eigenvalue weighted by atomic mass is 15.2.